The van der Waals surface area contributed by atoms with Crippen LogP contribution in [0.5, 0.6) is 0 Å². The molecule has 2 rings (SSSR count). The molecule has 0 bridgehead atoms. The number of rotatable bonds is 1. The van der Waals surface area contributed by atoms with Crippen molar-refractivity contribution in [3.8, 4) is 0 Å². The van der Waals surface area contributed by atoms with Gasteiger partial charge < -0.3 is 11.1 Å². The molecule has 3 N–H and O–H groups in total. The van der Waals surface area contributed by atoms with Gasteiger partial charge in [0.15, 0.2) is 0 Å². The molecule has 0 radical (unpaired) electrons. The molecule has 2 aromatic rings. The van der Waals surface area contributed by atoms with E-state index in [4.69, 9.17) is 5.73 Å². The van der Waals surface area contributed by atoms with Crippen LogP contribution in [0.15, 0.2) is 18.2 Å². The first-order valence-electron chi connectivity index (χ1n) is 4.12. The van der Waals surface area contributed by atoms with Gasteiger partial charge in [0.1, 0.15) is 5.82 Å². The molecule has 0 atom stereocenters. The van der Waals surface area contributed by atoms with Crippen LogP contribution in [0.25, 0.3) is 10.9 Å². The third-order valence-corrected chi connectivity index (χ3v) is 2.09. The normalized spacial score (nSPS) is 10.6. The second-order valence-electron chi connectivity index (χ2n) is 3.00. The number of aromatic nitrogens is 2. The van der Waals surface area contributed by atoms with Gasteiger partial charge in [-0.2, -0.15) is 5.10 Å². The number of aryl methyl sites for hydroxylation is 1. The molecule has 13 heavy (non-hydrogen) atoms. The van der Waals surface area contributed by atoms with Crippen molar-refractivity contribution < 1.29 is 0 Å². The van der Waals surface area contributed by atoms with Crippen LogP contribution in [0.1, 0.15) is 0 Å². The van der Waals surface area contributed by atoms with Gasteiger partial charge in [-0.25, -0.2) is 0 Å². The van der Waals surface area contributed by atoms with E-state index in [1.807, 2.05) is 37.0 Å². The SMILES string of the molecule is CNc1c2cc(N)ccc2nn1C. The summed E-state index contributed by atoms with van der Waals surface area (Å²) < 4.78 is 1.81. The third kappa shape index (κ3) is 1.11. The maximum absolute atomic E-state index is 5.69. The topological polar surface area (TPSA) is 55.9 Å². The highest BCUT2D eigenvalue weighted by atomic mass is 15.3. The van der Waals surface area contributed by atoms with Crippen LogP contribution in [0, 0.1) is 0 Å². The van der Waals surface area contributed by atoms with E-state index in [1.165, 1.54) is 0 Å². The van der Waals surface area contributed by atoms with Gasteiger partial charge in [-0.15, -0.1) is 0 Å². The van der Waals surface area contributed by atoms with E-state index in [0.29, 0.717) is 0 Å². The fourth-order valence-electron chi connectivity index (χ4n) is 1.51. The largest absolute Gasteiger partial charge is 0.399 e. The highest BCUT2D eigenvalue weighted by Crippen LogP contribution is 2.23. The number of nitrogen functional groups attached to an aromatic ring is 1. The summed E-state index contributed by atoms with van der Waals surface area (Å²) in [5, 5.41) is 8.47. The van der Waals surface area contributed by atoms with Crippen molar-refractivity contribution in [1.29, 1.82) is 0 Å². The minimum absolute atomic E-state index is 0.761. The van der Waals surface area contributed by atoms with Gasteiger partial charge in [0.2, 0.25) is 0 Å². The number of hydrogen-bond acceptors (Lipinski definition) is 3. The summed E-state index contributed by atoms with van der Waals surface area (Å²) in [6.07, 6.45) is 0. The molecule has 0 spiro atoms. The van der Waals surface area contributed by atoms with Crippen LogP contribution < -0.4 is 11.1 Å². The Morgan fingerprint density at radius 1 is 1.46 bits per heavy atom. The molecule has 1 heterocycles. The Morgan fingerprint density at radius 2 is 2.23 bits per heavy atom. The van der Waals surface area contributed by atoms with Crippen molar-refractivity contribution in [1.82, 2.24) is 9.78 Å². The van der Waals surface area contributed by atoms with Crippen molar-refractivity contribution in [2.45, 2.75) is 0 Å². The highest BCUT2D eigenvalue weighted by Gasteiger charge is 2.06. The second-order valence-corrected chi connectivity index (χ2v) is 3.00. The van der Waals surface area contributed by atoms with E-state index in [-0.39, 0.29) is 0 Å². The summed E-state index contributed by atoms with van der Waals surface area (Å²) >= 11 is 0. The molecule has 0 fully saturated rings. The Kier molecular flexibility index (Phi) is 1.62. The van der Waals surface area contributed by atoms with Crippen LogP contribution in [-0.4, -0.2) is 16.8 Å². The lowest BCUT2D eigenvalue weighted by molar-refractivity contribution is 0.787. The van der Waals surface area contributed by atoms with E-state index in [9.17, 15) is 0 Å². The van der Waals surface area contributed by atoms with Crippen molar-refractivity contribution in [2.24, 2.45) is 7.05 Å². The molecule has 0 unspecified atom stereocenters. The zero-order valence-corrected chi connectivity index (χ0v) is 7.70. The molecule has 1 aromatic carbocycles. The van der Waals surface area contributed by atoms with Crippen molar-refractivity contribution in [3.63, 3.8) is 0 Å². The molecule has 68 valence electrons. The molecule has 0 saturated heterocycles. The predicted molar refractivity (Wildman–Crippen MR) is 54.7 cm³/mol. The molecular weight excluding hydrogens is 164 g/mol. The van der Waals surface area contributed by atoms with Gasteiger partial charge >= 0.3 is 0 Å². The average molecular weight is 176 g/mol. The van der Waals surface area contributed by atoms with E-state index >= 15 is 0 Å². The van der Waals surface area contributed by atoms with Gasteiger partial charge in [-0.1, -0.05) is 0 Å². The number of nitrogens with two attached hydrogens (primary N) is 1. The summed E-state index contributed by atoms with van der Waals surface area (Å²) in [6, 6.07) is 5.70. The lowest BCUT2D eigenvalue weighted by Gasteiger charge is -1.99. The standard InChI is InChI=1S/C9H12N4/c1-11-9-7-5-6(10)3-4-8(7)12-13(9)2/h3-5,11H,10H2,1-2H3. The zero-order chi connectivity index (χ0) is 9.42. The summed E-state index contributed by atoms with van der Waals surface area (Å²) in [5.41, 5.74) is 7.41. The Balaban J connectivity index is 2.80. The molecule has 0 saturated carbocycles. The lowest BCUT2D eigenvalue weighted by Crippen LogP contribution is -1.98. The number of hydrogen-bond donors (Lipinski definition) is 2. The number of benzene rings is 1. The Morgan fingerprint density at radius 3 is 2.92 bits per heavy atom. The monoisotopic (exact) mass is 176 g/mol. The van der Waals surface area contributed by atoms with Crippen molar-refractivity contribution in [2.75, 3.05) is 18.1 Å². The Bertz CT molecular complexity index is 444. The van der Waals surface area contributed by atoms with Crippen LogP contribution in [0.3, 0.4) is 0 Å². The van der Waals surface area contributed by atoms with E-state index in [1.54, 1.807) is 0 Å². The lowest BCUT2D eigenvalue weighted by atomic mass is 10.2. The minimum Gasteiger partial charge on any atom is -0.399 e. The minimum atomic E-state index is 0.761. The van der Waals surface area contributed by atoms with Gasteiger partial charge in [0, 0.05) is 25.2 Å². The van der Waals surface area contributed by atoms with E-state index < -0.39 is 0 Å². The molecule has 1 aromatic heterocycles. The van der Waals surface area contributed by atoms with Crippen LogP contribution in [-0.2, 0) is 7.05 Å². The fourth-order valence-corrected chi connectivity index (χ4v) is 1.51. The number of nitrogens with one attached hydrogen (secondary N) is 1. The number of anilines is 2. The third-order valence-electron chi connectivity index (χ3n) is 2.09. The molecule has 4 heteroatoms. The zero-order valence-electron chi connectivity index (χ0n) is 7.70. The van der Waals surface area contributed by atoms with E-state index in [0.717, 1.165) is 22.4 Å². The first-order valence-corrected chi connectivity index (χ1v) is 4.12. The van der Waals surface area contributed by atoms with E-state index in [2.05, 4.69) is 10.4 Å². The van der Waals surface area contributed by atoms with Gasteiger partial charge in [0.05, 0.1) is 5.52 Å². The summed E-state index contributed by atoms with van der Waals surface area (Å²) in [6.45, 7) is 0. The average Bonchev–Trinajstić information content (AvgIpc) is 2.40. The molecule has 0 aliphatic rings. The van der Waals surface area contributed by atoms with Gasteiger partial charge in [-0.05, 0) is 18.2 Å². The second kappa shape index (κ2) is 2.65. The number of fused-ring (bicyclic) bond motifs is 1. The maximum Gasteiger partial charge on any atom is 0.131 e. The first-order chi connectivity index (χ1) is 6.22. The maximum atomic E-state index is 5.69. The van der Waals surface area contributed by atoms with Gasteiger partial charge in [0.25, 0.3) is 0 Å². The summed E-state index contributed by atoms with van der Waals surface area (Å²) in [4.78, 5) is 0. The smallest absolute Gasteiger partial charge is 0.131 e. The van der Waals surface area contributed by atoms with Crippen LogP contribution in [0.2, 0.25) is 0 Å². The molecule has 0 aliphatic heterocycles. The molecule has 4 nitrogen and oxygen atoms in total. The fraction of sp³-hybridized carbons (Fsp3) is 0.222. The molecular formula is C9H12N4. The predicted octanol–water partition coefficient (Wildman–Crippen LogP) is 1.20. The molecule has 0 amide bonds. The van der Waals surface area contributed by atoms with Crippen molar-refractivity contribution >= 4 is 22.4 Å². The quantitative estimate of drug-likeness (QED) is 0.642. The van der Waals surface area contributed by atoms with Crippen LogP contribution >= 0.6 is 0 Å². The Hall–Kier alpha value is -1.71. The first kappa shape index (κ1) is 7.91. The van der Waals surface area contributed by atoms with Crippen LogP contribution in [0.4, 0.5) is 11.5 Å². The Labute approximate surface area is 76.3 Å². The molecule has 0 aliphatic carbocycles. The highest BCUT2D eigenvalue weighted by molar-refractivity contribution is 5.92. The summed E-state index contributed by atoms with van der Waals surface area (Å²) in [7, 11) is 3.78. The number of nitrogens with zero attached hydrogens (tertiary/aromatic N) is 2. The van der Waals surface area contributed by atoms with Gasteiger partial charge in [-0.3, -0.25) is 4.68 Å². The van der Waals surface area contributed by atoms with Crippen molar-refractivity contribution in [3.05, 3.63) is 18.2 Å². The summed E-state index contributed by atoms with van der Waals surface area (Å²) in [5.74, 6) is 0.988.